The van der Waals surface area contributed by atoms with E-state index in [2.05, 4.69) is 10.3 Å². The molecule has 0 atom stereocenters. The van der Waals surface area contributed by atoms with Crippen LogP contribution in [0.2, 0.25) is 0 Å². The van der Waals surface area contributed by atoms with E-state index in [0.29, 0.717) is 4.88 Å². The summed E-state index contributed by atoms with van der Waals surface area (Å²) in [5.41, 5.74) is 3.11. The van der Waals surface area contributed by atoms with E-state index in [1.54, 1.807) is 12.1 Å². The molecular formula is C20H14N2O3S2. The lowest BCUT2D eigenvalue weighted by molar-refractivity contribution is 0.103. The zero-order chi connectivity index (χ0) is 18.8. The Hall–Kier alpha value is -3.16. The number of anilines is 1. The second-order valence-corrected chi connectivity index (χ2v) is 7.56. The van der Waals surface area contributed by atoms with E-state index in [1.807, 2.05) is 41.1 Å². The molecule has 0 radical (unpaired) electrons. The molecule has 0 fully saturated rings. The summed E-state index contributed by atoms with van der Waals surface area (Å²) in [7, 11) is 0. The predicted octanol–water partition coefficient (Wildman–Crippen LogP) is 5.20. The summed E-state index contributed by atoms with van der Waals surface area (Å²) in [5.74, 6) is -0.455. The van der Waals surface area contributed by atoms with Gasteiger partial charge in [-0.05, 0) is 53.9 Å². The third-order valence-corrected chi connectivity index (χ3v) is 5.67. The lowest BCUT2D eigenvalue weighted by Crippen LogP contribution is -2.09. The van der Waals surface area contributed by atoms with Crippen molar-refractivity contribution in [2.75, 3.05) is 5.32 Å². The van der Waals surface area contributed by atoms with Gasteiger partial charge in [-0.1, -0.05) is 6.07 Å². The van der Waals surface area contributed by atoms with Gasteiger partial charge >= 0.3 is 0 Å². The quantitative estimate of drug-likeness (QED) is 0.415. The van der Waals surface area contributed by atoms with Crippen LogP contribution in [0.25, 0.3) is 21.8 Å². The molecule has 4 aromatic rings. The minimum absolute atomic E-state index is 0.124. The first-order valence-electron chi connectivity index (χ1n) is 8.03. The SMILES string of the molecule is O=C(Nc1ccc(-c2nc(-c3ccc(O)c(O)c3)cs2)cc1)c1cccs1. The highest BCUT2D eigenvalue weighted by Crippen LogP contribution is 2.33. The predicted molar refractivity (Wildman–Crippen MR) is 109 cm³/mol. The summed E-state index contributed by atoms with van der Waals surface area (Å²) in [6, 6.07) is 15.7. The molecule has 0 saturated heterocycles. The fourth-order valence-electron chi connectivity index (χ4n) is 2.52. The Balaban J connectivity index is 1.52. The van der Waals surface area contributed by atoms with Crippen LogP contribution in [0.4, 0.5) is 5.69 Å². The van der Waals surface area contributed by atoms with Gasteiger partial charge in [0.05, 0.1) is 10.6 Å². The Labute approximate surface area is 163 Å². The van der Waals surface area contributed by atoms with E-state index >= 15 is 0 Å². The Kier molecular flexibility index (Phi) is 4.62. The molecule has 7 heteroatoms. The van der Waals surface area contributed by atoms with Crippen molar-refractivity contribution in [2.24, 2.45) is 0 Å². The number of hydrogen-bond acceptors (Lipinski definition) is 6. The number of thiophene rings is 1. The minimum atomic E-state index is -0.173. The second-order valence-electron chi connectivity index (χ2n) is 5.75. The average Bonchev–Trinajstić information content (AvgIpc) is 3.36. The molecule has 0 aliphatic heterocycles. The summed E-state index contributed by atoms with van der Waals surface area (Å²) in [4.78, 5) is 17.4. The summed E-state index contributed by atoms with van der Waals surface area (Å²) in [5, 5.41) is 26.5. The fraction of sp³-hybridized carbons (Fsp3) is 0. The third kappa shape index (κ3) is 3.69. The van der Waals surface area contributed by atoms with E-state index in [9.17, 15) is 15.0 Å². The van der Waals surface area contributed by atoms with Crippen LogP contribution in [0.5, 0.6) is 11.5 Å². The van der Waals surface area contributed by atoms with E-state index in [1.165, 1.54) is 34.8 Å². The summed E-state index contributed by atoms with van der Waals surface area (Å²) in [6.07, 6.45) is 0. The maximum absolute atomic E-state index is 12.1. The molecule has 5 nitrogen and oxygen atoms in total. The van der Waals surface area contributed by atoms with Gasteiger partial charge in [0.15, 0.2) is 11.5 Å². The number of phenols is 2. The number of rotatable bonds is 4. The zero-order valence-corrected chi connectivity index (χ0v) is 15.6. The van der Waals surface area contributed by atoms with Gasteiger partial charge in [-0.25, -0.2) is 4.98 Å². The Morgan fingerprint density at radius 1 is 0.926 bits per heavy atom. The standard InChI is InChI=1S/C20H14N2O3S2/c23-16-8-5-13(10-17(16)24)15-11-27-20(22-15)12-3-6-14(7-4-12)21-19(25)18-2-1-9-26-18/h1-11,23-24H,(H,21,25). The number of nitrogens with zero attached hydrogens (tertiary/aromatic N) is 1. The van der Waals surface area contributed by atoms with Gasteiger partial charge in [-0.3, -0.25) is 4.79 Å². The third-order valence-electron chi connectivity index (χ3n) is 3.91. The normalized spacial score (nSPS) is 10.7. The molecule has 0 spiro atoms. The molecule has 3 N–H and O–H groups in total. The highest BCUT2D eigenvalue weighted by Gasteiger charge is 2.10. The fourth-order valence-corrected chi connectivity index (χ4v) is 3.97. The molecule has 2 aromatic heterocycles. The van der Waals surface area contributed by atoms with Crippen molar-refractivity contribution in [1.29, 1.82) is 0 Å². The number of phenolic OH excluding ortho intramolecular Hbond substituents is 2. The number of aromatic hydroxyl groups is 2. The summed E-state index contributed by atoms with van der Waals surface area (Å²) in [6.45, 7) is 0. The molecule has 1 amide bonds. The molecule has 27 heavy (non-hydrogen) atoms. The first kappa shape index (κ1) is 17.3. The van der Waals surface area contributed by atoms with Crippen LogP contribution in [0.1, 0.15) is 9.67 Å². The van der Waals surface area contributed by atoms with Crippen LogP contribution in [0.15, 0.2) is 65.4 Å². The molecule has 0 saturated carbocycles. The largest absolute Gasteiger partial charge is 0.504 e. The first-order chi connectivity index (χ1) is 13.1. The van der Waals surface area contributed by atoms with Crippen molar-refractivity contribution in [2.45, 2.75) is 0 Å². The van der Waals surface area contributed by atoms with Gasteiger partial charge in [0.25, 0.3) is 5.91 Å². The lowest BCUT2D eigenvalue weighted by Gasteiger charge is -2.04. The van der Waals surface area contributed by atoms with Gasteiger partial charge in [-0.15, -0.1) is 22.7 Å². The number of aromatic nitrogens is 1. The number of nitrogens with one attached hydrogen (secondary N) is 1. The Morgan fingerprint density at radius 3 is 2.41 bits per heavy atom. The van der Waals surface area contributed by atoms with Crippen LogP contribution in [-0.2, 0) is 0 Å². The maximum atomic E-state index is 12.1. The highest BCUT2D eigenvalue weighted by molar-refractivity contribution is 7.13. The van der Waals surface area contributed by atoms with Crippen molar-refractivity contribution in [3.8, 4) is 33.3 Å². The van der Waals surface area contributed by atoms with Crippen LogP contribution in [0.3, 0.4) is 0 Å². The molecule has 0 aliphatic carbocycles. The molecular weight excluding hydrogens is 380 g/mol. The van der Waals surface area contributed by atoms with Crippen LogP contribution in [-0.4, -0.2) is 21.1 Å². The maximum Gasteiger partial charge on any atom is 0.265 e. The van der Waals surface area contributed by atoms with Gasteiger partial charge in [0.2, 0.25) is 0 Å². The van der Waals surface area contributed by atoms with Crippen LogP contribution < -0.4 is 5.32 Å². The van der Waals surface area contributed by atoms with E-state index in [-0.39, 0.29) is 17.4 Å². The summed E-state index contributed by atoms with van der Waals surface area (Å²) >= 11 is 2.88. The van der Waals surface area contributed by atoms with Crippen molar-refractivity contribution in [1.82, 2.24) is 4.98 Å². The Morgan fingerprint density at radius 2 is 1.70 bits per heavy atom. The number of carbonyl (C=O) groups is 1. The van der Waals surface area contributed by atoms with Gasteiger partial charge in [0, 0.05) is 22.2 Å². The number of amides is 1. The molecule has 4 rings (SSSR count). The monoisotopic (exact) mass is 394 g/mol. The molecule has 2 aromatic carbocycles. The van der Waals surface area contributed by atoms with E-state index in [4.69, 9.17) is 0 Å². The average molecular weight is 394 g/mol. The van der Waals surface area contributed by atoms with Gasteiger partial charge < -0.3 is 15.5 Å². The van der Waals surface area contributed by atoms with Crippen molar-refractivity contribution in [3.63, 3.8) is 0 Å². The van der Waals surface area contributed by atoms with Crippen molar-refractivity contribution >= 4 is 34.3 Å². The van der Waals surface area contributed by atoms with Crippen LogP contribution >= 0.6 is 22.7 Å². The Bertz CT molecular complexity index is 1090. The molecule has 0 unspecified atom stereocenters. The number of carbonyl (C=O) groups excluding carboxylic acids is 1. The number of thiazole rings is 1. The smallest absolute Gasteiger partial charge is 0.265 e. The second kappa shape index (κ2) is 7.22. The highest BCUT2D eigenvalue weighted by atomic mass is 32.1. The topological polar surface area (TPSA) is 82.5 Å². The molecule has 134 valence electrons. The lowest BCUT2D eigenvalue weighted by atomic mass is 10.1. The minimum Gasteiger partial charge on any atom is -0.504 e. The molecule has 0 aliphatic rings. The summed E-state index contributed by atoms with van der Waals surface area (Å²) < 4.78 is 0. The number of benzene rings is 2. The first-order valence-corrected chi connectivity index (χ1v) is 9.79. The van der Waals surface area contributed by atoms with Gasteiger partial charge in [-0.2, -0.15) is 0 Å². The number of hydrogen-bond donors (Lipinski definition) is 3. The van der Waals surface area contributed by atoms with Crippen molar-refractivity contribution < 1.29 is 15.0 Å². The molecule has 0 bridgehead atoms. The van der Waals surface area contributed by atoms with E-state index in [0.717, 1.165) is 27.5 Å². The van der Waals surface area contributed by atoms with Gasteiger partial charge in [0.1, 0.15) is 5.01 Å². The van der Waals surface area contributed by atoms with Crippen LogP contribution in [0, 0.1) is 0 Å². The zero-order valence-electron chi connectivity index (χ0n) is 13.9. The van der Waals surface area contributed by atoms with Crippen molar-refractivity contribution in [3.05, 3.63) is 70.2 Å². The van der Waals surface area contributed by atoms with E-state index < -0.39 is 0 Å². The molecule has 2 heterocycles.